The minimum absolute atomic E-state index is 0.0778. The molecule has 1 rings (SSSR count). The van der Waals surface area contributed by atoms with E-state index >= 15 is 0 Å². The van der Waals surface area contributed by atoms with Crippen LogP contribution in [0.2, 0.25) is 5.15 Å². The Balaban J connectivity index is 2.15. The summed E-state index contributed by atoms with van der Waals surface area (Å²) in [5.41, 5.74) is 0. The van der Waals surface area contributed by atoms with Crippen molar-refractivity contribution in [2.45, 2.75) is 26.8 Å². The molecule has 0 saturated carbocycles. The van der Waals surface area contributed by atoms with Crippen LogP contribution in [0.25, 0.3) is 0 Å². The van der Waals surface area contributed by atoms with Gasteiger partial charge in [-0.2, -0.15) is 0 Å². The van der Waals surface area contributed by atoms with Gasteiger partial charge in [0.1, 0.15) is 11.0 Å². The zero-order chi connectivity index (χ0) is 13.5. The van der Waals surface area contributed by atoms with Crippen molar-refractivity contribution in [3.63, 3.8) is 0 Å². The fourth-order valence-electron chi connectivity index (χ4n) is 1.40. The average molecular weight is 273 g/mol. The molecule has 1 amide bonds. The standard InChI is InChI=1S/C12H21ClN4O/c1-9(2)6-16-12(18)4-5-14-8-11-15-7-10(13)17(11)3/h7,9,14H,4-6,8H2,1-3H3,(H,16,18). The summed E-state index contributed by atoms with van der Waals surface area (Å²) in [5.74, 6) is 1.42. The number of nitrogens with one attached hydrogen (secondary N) is 2. The van der Waals surface area contributed by atoms with Crippen molar-refractivity contribution in [2.75, 3.05) is 13.1 Å². The van der Waals surface area contributed by atoms with Crippen molar-refractivity contribution >= 4 is 17.5 Å². The SMILES string of the molecule is CC(C)CNC(=O)CCNCc1ncc(Cl)n1C. The number of rotatable bonds is 7. The fourth-order valence-corrected chi connectivity index (χ4v) is 1.54. The van der Waals surface area contributed by atoms with Crippen LogP contribution in [0.15, 0.2) is 6.20 Å². The van der Waals surface area contributed by atoms with E-state index in [4.69, 9.17) is 11.6 Å². The van der Waals surface area contributed by atoms with Gasteiger partial charge < -0.3 is 15.2 Å². The first-order valence-electron chi connectivity index (χ1n) is 6.14. The molecule has 0 spiro atoms. The molecule has 0 saturated heterocycles. The molecule has 1 aromatic rings. The number of nitrogens with zero attached hydrogens (tertiary/aromatic N) is 2. The highest BCUT2D eigenvalue weighted by Crippen LogP contribution is 2.08. The molecule has 102 valence electrons. The third kappa shape index (κ3) is 5.06. The molecular weight excluding hydrogens is 252 g/mol. The number of carbonyl (C=O) groups excluding carboxylic acids is 1. The number of hydrogen-bond donors (Lipinski definition) is 2. The highest BCUT2D eigenvalue weighted by molar-refractivity contribution is 6.29. The van der Waals surface area contributed by atoms with Gasteiger partial charge in [-0.05, 0) is 5.92 Å². The van der Waals surface area contributed by atoms with Gasteiger partial charge in [0, 0.05) is 26.6 Å². The number of imidazole rings is 1. The van der Waals surface area contributed by atoms with Crippen molar-refractivity contribution in [3.05, 3.63) is 17.2 Å². The smallest absolute Gasteiger partial charge is 0.221 e. The zero-order valence-corrected chi connectivity index (χ0v) is 11.9. The van der Waals surface area contributed by atoms with Gasteiger partial charge in [0.05, 0.1) is 12.7 Å². The monoisotopic (exact) mass is 272 g/mol. The lowest BCUT2D eigenvalue weighted by Crippen LogP contribution is -2.30. The van der Waals surface area contributed by atoms with Gasteiger partial charge in [0.15, 0.2) is 0 Å². The molecule has 0 fully saturated rings. The Hall–Kier alpha value is -1.07. The second kappa shape index (κ2) is 7.38. The molecule has 6 heteroatoms. The predicted molar refractivity (Wildman–Crippen MR) is 72.4 cm³/mol. The number of carbonyl (C=O) groups is 1. The van der Waals surface area contributed by atoms with Gasteiger partial charge in [-0.1, -0.05) is 25.4 Å². The minimum atomic E-state index is 0.0778. The molecule has 0 aliphatic rings. The van der Waals surface area contributed by atoms with E-state index in [-0.39, 0.29) is 5.91 Å². The van der Waals surface area contributed by atoms with Gasteiger partial charge in [-0.3, -0.25) is 4.79 Å². The number of halogens is 1. The Morgan fingerprint density at radius 3 is 2.83 bits per heavy atom. The Morgan fingerprint density at radius 2 is 2.28 bits per heavy atom. The van der Waals surface area contributed by atoms with Gasteiger partial charge >= 0.3 is 0 Å². The van der Waals surface area contributed by atoms with E-state index in [2.05, 4.69) is 29.5 Å². The van der Waals surface area contributed by atoms with E-state index in [1.165, 1.54) is 0 Å². The van der Waals surface area contributed by atoms with E-state index in [1.807, 2.05) is 11.6 Å². The average Bonchev–Trinajstić information content (AvgIpc) is 2.63. The summed E-state index contributed by atoms with van der Waals surface area (Å²) < 4.78 is 1.81. The van der Waals surface area contributed by atoms with Crippen molar-refractivity contribution < 1.29 is 4.79 Å². The minimum Gasteiger partial charge on any atom is -0.356 e. The van der Waals surface area contributed by atoms with E-state index in [1.54, 1.807) is 6.20 Å². The predicted octanol–water partition coefficient (Wildman–Crippen LogP) is 1.33. The first-order chi connectivity index (χ1) is 8.50. The molecule has 0 aromatic carbocycles. The summed E-state index contributed by atoms with van der Waals surface area (Å²) in [6.45, 7) is 6.12. The summed E-state index contributed by atoms with van der Waals surface area (Å²) in [6, 6.07) is 0. The maximum atomic E-state index is 11.4. The van der Waals surface area contributed by atoms with Crippen molar-refractivity contribution in [2.24, 2.45) is 13.0 Å². The maximum absolute atomic E-state index is 11.4. The van der Waals surface area contributed by atoms with Gasteiger partial charge in [-0.25, -0.2) is 4.98 Å². The summed E-state index contributed by atoms with van der Waals surface area (Å²) in [7, 11) is 1.86. The van der Waals surface area contributed by atoms with Crippen LogP contribution in [0, 0.1) is 5.92 Å². The lowest BCUT2D eigenvalue weighted by atomic mass is 10.2. The van der Waals surface area contributed by atoms with E-state index in [9.17, 15) is 4.79 Å². The Labute approximate surface area is 113 Å². The summed E-state index contributed by atoms with van der Waals surface area (Å²) >= 11 is 5.87. The van der Waals surface area contributed by atoms with Crippen molar-refractivity contribution in [1.82, 2.24) is 20.2 Å². The molecule has 1 heterocycles. The number of amides is 1. The summed E-state index contributed by atoms with van der Waals surface area (Å²) in [5, 5.41) is 6.66. The molecule has 0 atom stereocenters. The first kappa shape index (κ1) is 15.0. The normalized spacial score (nSPS) is 10.9. The van der Waals surface area contributed by atoms with Crippen LogP contribution in [-0.4, -0.2) is 28.5 Å². The lowest BCUT2D eigenvalue weighted by molar-refractivity contribution is -0.121. The highest BCUT2D eigenvalue weighted by atomic mass is 35.5. The van der Waals surface area contributed by atoms with Crippen LogP contribution < -0.4 is 10.6 Å². The topological polar surface area (TPSA) is 59.0 Å². The molecule has 0 radical (unpaired) electrons. The lowest BCUT2D eigenvalue weighted by Gasteiger charge is -2.08. The molecule has 0 aliphatic carbocycles. The van der Waals surface area contributed by atoms with E-state index < -0.39 is 0 Å². The van der Waals surface area contributed by atoms with E-state index in [0.29, 0.717) is 30.6 Å². The second-order valence-corrected chi connectivity index (χ2v) is 5.07. The fraction of sp³-hybridized carbons (Fsp3) is 0.667. The first-order valence-corrected chi connectivity index (χ1v) is 6.52. The zero-order valence-electron chi connectivity index (χ0n) is 11.2. The quantitative estimate of drug-likeness (QED) is 0.736. The Morgan fingerprint density at radius 1 is 1.56 bits per heavy atom. The molecule has 0 aliphatic heterocycles. The van der Waals surface area contributed by atoms with Crippen molar-refractivity contribution in [3.8, 4) is 0 Å². The third-order valence-electron chi connectivity index (χ3n) is 2.55. The number of aromatic nitrogens is 2. The second-order valence-electron chi connectivity index (χ2n) is 4.68. The van der Waals surface area contributed by atoms with Gasteiger partial charge in [0.25, 0.3) is 0 Å². The van der Waals surface area contributed by atoms with Crippen LogP contribution in [0.4, 0.5) is 0 Å². The summed E-state index contributed by atoms with van der Waals surface area (Å²) in [4.78, 5) is 15.6. The van der Waals surface area contributed by atoms with Gasteiger partial charge in [0.2, 0.25) is 5.91 Å². The maximum Gasteiger partial charge on any atom is 0.221 e. The van der Waals surface area contributed by atoms with Crippen LogP contribution in [-0.2, 0) is 18.4 Å². The Kier molecular flexibility index (Phi) is 6.15. The molecule has 0 bridgehead atoms. The molecule has 2 N–H and O–H groups in total. The van der Waals surface area contributed by atoms with Crippen molar-refractivity contribution in [1.29, 1.82) is 0 Å². The highest BCUT2D eigenvalue weighted by Gasteiger charge is 2.05. The largest absolute Gasteiger partial charge is 0.356 e. The van der Waals surface area contributed by atoms with E-state index in [0.717, 1.165) is 12.4 Å². The Bertz CT molecular complexity index is 389. The summed E-state index contributed by atoms with van der Waals surface area (Å²) in [6.07, 6.45) is 2.10. The molecule has 5 nitrogen and oxygen atoms in total. The molecule has 1 aromatic heterocycles. The molecule has 0 unspecified atom stereocenters. The van der Waals surface area contributed by atoms with Crippen LogP contribution in [0.5, 0.6) is 0 Å². The number of hydrogen-bond acceptors (Lipinski definition) is 3. The van der Waals surface area contributed by atoms with Crippen LogP contribution >= 0.6 is 11.6 Å². The third-order valence-corrected chi connectivity index (χ3v) is 2.90. The molecule has 18 heavy (non-hydrogen) atoms. The molecular formula is C12H21ClN4O. The van der Waals surface area contributed by atoms with Crippen LogP contribution in [0.3, 0.4) is 0 Å². The van der Waals surface area contributed by atoms with Gasteiger partial charge in [-0.15, -0.1) is 0 Å². The van der Waals surface area contributed by atoms with Crippen LogP contribution in [0.1, 0.15) is 26.1 Å².